The lowest BCUT2D eigenvalue weighted by Crippen LogP contribution is -2.37. The molecule has 0 unspecified atom stereocenters. The minimum absolute atomic E-state index is 0.718. The molecule has 0 aromatic carbocycles. The molecule has 0 aliphatic heterocycles. The molecule has 0 heterocycles. The fraction of sp³-hybridized carbons (Fsp3) is 1.00. The van der Waals surface area contributed by atoms with Crippen molar-refractivity contribution in [2.24, 2.45) is 11.5 Å². The standard InChI is InChI=1S/C18H42N4/c1-2-3-4-5-6-7-8-9-10-11-16-22(17-13-20)18-15-21-14-12-19/h21H,2-20H2,1H3. The molecule has 0 amide bonds. The molecule has 22 heavy (non-hydrogen) atoms. The first-order valence-corrected chi connectivity index (χ1v) is 9.68. The van der Waals surface area contributed by atoms with Crippen LogP contribution in [0.3, 0.4) is 0 Å². The third-order valence-corrected chi connectivity index (χ3v) is 4.20. The SMILES string of the molecule is CCCCCCCCCCCCN(CCN)CCNCCN. The molecule has 0 saturated heterocycles. The lowest BCUT2D eigenvalue weighted by Gasteiger charge is -2.21. The predicted octanol–water partition coefficient (Wildman–Crippen LogP) is 2.72. The van der Waals surface area contributed by atoms with E-state index in [4.69, 9.17) is 11.5 Å². The van der Waals surface area contributed by atoms with Gasteiger partial charge in [-0.05, 0) is 13.0 Å². The van der Waals surface area contributed by atoms with Crippen molar-refractivity contribution in [3.63, 3.8) is 0 Å². The van der Waals surface area contributed by atoms with E-state index in [0.717, 1.165) is 39.3 Å². The lowest BCUT2D eigenvalue weighted by molar-refractivity contribution is 0.273. The van der Waals surface area contributed by atoms with Gasteiger partial charge < -0.3 is 21.7 Å². The van der Waals surface area contributed by atoms with Crippen molar-refractivity contribution >= 4 is 0 Å². The van der Waals surface area contributed by atoms with Crippen molar-refractivity contribution in [1.29, 1.82) is 0 Å². The summed E-state index contributed by atoms with van der Waals surface area (Å²) in [7, 11) is 0. The topological polar surface area (TPSA) is 67.3 Å². The van der Waals surface area contributed by atoms with Crippen LogP contribution in [0.1, 0.15) is 71.1 Å². The second kappa shape index (κ2) is 18.9. The summed E-state index contributed by atoms with van der Waals surface area (Å²) in [6.07, 6.45) is 14.0. The van der Waals surface area contributed by atoms with Gasteiger partial charge in [-0.25, -0.2) is 0 Å². The minimum Gasteiger partial charge on any atom is -0.329 e. The van der Waals surface area contributed by atoms with Gasteiger partial charge in [-0.3, -0.25) is 0 Å². The van der Waals surface area contributed by atoms with E-state index in [1.807, 2.05) is 0 Å². The summed E-state index contributed by atoms with van der Waals surface area (Å²) in [6.45, 7) is 8.99. The molecule has 0 aromatic rings. The molecule has 134 valence electrons. The molecule has 0 spiro atoms. The van der Waals surface area contributed by atoms with Crippen LogP contribution in [0, 0.1) is 0 Å². The van der Waals surface area contributed by atoms with Crippen LogP contribution in [-0.4, -0.2) is 50.7 Å². The monoisotopic (exact) mass is 314 g/mol. The fourth-order valence-corrected chi connectivity index (χ4v) is 2.81. The molecule has 5 N–H and O–H groups in total. The van der Waals surface area contributed by atoms with E-state index < -0.39 is 0 Å². The zero-order chi connectivity index (χ0) is 16.3. The van der Waals surface area contributed by atoms with Crippen LogP contribution in [0.25, 0.3) is 0 Å². The van der Waals surface area contributed by atoms with E-state index in [1.54, 1.807) is 0 Å². The van der Waals surface area contributed by atoms with Crippen molar-refractivity contribution in [3.05, 3.63) is 0 Å². The highest BCUT2D eigenvalue weighted by molar-refractivity contribution is 4.61. The average molecular weight is 315 g/mol. The molecular formula is C18H42N4. The number of nitrogens with zero attached hydrogens (tertiary/aromatic N) is 1. The van der Waals surface area contributed by atoms with Gasteiger partial charge in [-0.2, -0.15) is 0 Å². The third-order valence-electron chi connectivity index (χ3n) is 4.20. The van der Waals surface area contributed by atoms with E-state index in [0.29, 0.717) is 0 Å². The quantitative estimate of drug-likeness (QED) is 0.340. The maximum Gasteiger partial charge on any atom is 0.0107 e. The summed E-state index contributed by atoms with van der Waals surface area (Å²) in [5, 5.41) is 3.36. The van der Waals surface area contributed by atoms with Gasteiger partial charge in [-0.15, -0.1) is 0 Å². The maximum absolute atomic E-state index is 5.70. The molecule has 0 saturated carbocycles. The van der Waals surface area contributed by atoms with Crippen molar-refractivity contribution in [3.8, 4) is 0 Å². The van der Waals surface area contributed by atoms with Crippen molar-refractivity contribution < 1.29 is 0 Å². The number of nitrogens with two attached hydrogens (primary N) is 2. The summed E-state index contributed by atoms with van der Waals surface area (Å²) in [6, 6.07) is 0. The molecule has 0 aliphatic carbocycles. The van der Waals surface area contributed by atoms with E-state index >= 15 is 0 Å². The molecule has 0 atom stereocenters. The van der Waals surface area contributed by atoms with Crippen molar-refractivity contribution in [2.45, 2.75) is 71.1 Å². The summed E-state index contributed by atoms with van der Waals surface area (Å²) in [5.74, 6) is 0. The Morgan fingerprint density at radius 2 is 1.23 bits per heavy atom. The highest BCUT2D eigenvalue weighted by atomic mass is 15.1. The van der Waals surface area contributed by atoms with Crippen LogP contribution < -0.4 is 16.8 Å². The number of hydrogen-bond donors (Lipinski definition) is 3. The van der Waals surface area contributed by atoms with Gasteiger partial charge in [-0.1, -0.05) is 64.7 Å². The van der Waals surface area contributed by atoms with E-state index in [2.05, 4.69) is 17.1 Å². The van der Waals surface area contributed by atoms with Gasteiger partial charge in [0.15, 0.2) is 0 Å². The minimum atomic E-state index is 0.718. The zero-order valence-electron chi connectivity index (χ0n) is 15.1. The first-order valence-electron chi connectivity index (χ1n) is 9.68. The van der Waals surface area contributed by atoms with E-state index in [9.17, 15) is 0 Å². The van der Waals surface area contributed by atoms with Crippen LogP contribution >= 0.6 is 0 Å². The Hall–Kier alpha value is -0.160. The Balaban J connectivity index is 3.36. The summed E-state index contributed by atoms with van der Waals surface area (Å²) >= 11 is 0. The van der Waals surface area contributed by atoms with Gasteiger partial charge in [0.1, 0.15) is 0 Å². The molecule has 0 rings (SSSR count). The predicted molar refractivity (Wildman–Crippen MR) is 99.3 cm³/mol. The molecule has 0 radical (unpaired) electrons. The van der Waals surface area contributed by atoms with Crippen LogP contribution in [0.5, 0.6) is 0 Å². The van der Waals surface area contributed by atoms with Gasteiger partial charge in [0.2, 0.25) is 0 Å². The Morgan fingerprint density at radius 1 is 0.636 bits per heavy atom. The van der Waals surface area contributed by atoms with E-state index in [-0.39, 0.29) is 0 Å². The molecule has 0 aromatic heterocycles. The van der Waals surface area contributed by atoms with Gasteiger partial charge in [0.05, 0.1) is 0 Å². The van der Waals surface area contributed by atoms with Crippen LogP contribution in [-0.2, 0) is 0 Å². The molecule has 0 aliphatic rings. The van der Waals surface area contributed by atoms with Crippen molar-refractivity contribution in [2.75, 3.05) is 45.8 Å². The van der Waals surface area contributed by atoms with Crippen LogP contribution in [0.15, 0.2) is 0 Å². The Morgan fingerprint density at radius 3 is 1.77 bits per heavy atom. The van der Waals surface area contributed by atoms with E-state index in [1.165, 1.54) is 70.8 Å². The van der Waals surface area contributed by atoms with Crippen molar-refractivity contribution in [1.82, 2.24) is 10.2 Å². The first kappa shape index (κ1) is 21.8. The molecule has 0 bridgehead atoms. The summed E-state index contributed by atoms with van der Waals surface area (Å²) in [5.41, 5.74) is 11.2. The summed E-state index contributed by atoms with van der Waals surface area (Å²) < 4.78 is 0. The van der Waals surface area contributed by atoms with Gasteiger partial charge in [0.25, 0.3) is 0 Å². The zero-order valence-corrected chi connectivity index (χ0v) is 15.1. The normalized spacial score (nSPS) is 11.5. The Bertz CT molecular complexity index is 200. The highest BCUT2D eigenvalue weighted by Crippen LogP contribution is 2.10. The smallest absolute Gasteiger partial charge is 0.0107 e. The Labute approximate surface area is 139 Å². The molecule has 4 heteroatoms. The maximum atomic E-state index is 5.70. The third kappa shape index (κ3) is 16.2. The molecule has 4 nitrogen and oxygen atoms in total. The second-order valence-corrected chi connectivity index (χ2v) is 6.35. The van der Waals surface area contributed by atoms with Crippen LogP contribution in [0.2, 0.25) is 0 Å². The van der Waals surface area contributed by atoms with Gasteiger partial charge in [0, 0.05) is 39.3 Å². The first-order chi connectivity index (χ1) is 10.8. The largest absolute Gasteiger partial charge is 0.329 e. The number of nitrogens with one attached hydrogen (secondary N) is 1. The number of rotatable bonds is 18. The highest BCUT2D eigenvalue weighted by Gasteiger charge is 2.03. The molecular weight excluding hydrogens is 272 g/mol. The second-order valence-electron chi connectivity index (χ2n) is 6.35. The fourth-order valence-electron chi connectivity index (χ4n) is 2.81. The lowest BCUT2D eigenvalue weighted by atomic mass is 10.1. The number of hydrogen-bond acceptors (Lipinski definition) is 4. The van der Waals surface area contributed by atoms with Crippen LogP contribution in [0.4, 0.5) is 0 Å². The van der Waals surface area contributed by atoms with Gasteiger partial charge >= 0.3 is 0 Å². The number of unbranched alkanes of at least 4 members (excludes halogenated alkanes) is 9. The average Bonchev–Trinajstić information content (AvgIpc) is 2.53. The molecule has 0 fully saturated rings. The summed E-state index contributed by atoms with van der Waals surface area (Å²) in [4.78, 5) is 2.48. The Kier molecular flexibility index (Phi) is 18.8.